The van der Waals surface area contributed by atoms with Crippen LogP contribution in [0.5, 0.6) is 0 Å². The molecule has 4 rings (SSSR count). The van der Waals surface area contributed by atoms with Crippen LogP contribution < -0.4 is 21.5 Å². The van der Waals surface area contributed by atoms with Gasteiger partial charge >= 0.3 is 12.1 Å². The third kappa shape index (κ3) is 4.06. The maximum atomic E-state index is 14.4. The number of hydrogen-bond donors (Lipinski definition) is 2. The highest BCUT2D eigenvalue weighted by molar-refractivity contribution is 5.74. The van der Waals surface area contributed by atoms with E-state index in [9.17, 15) is 27.2 Å². The lowest BCUT2D eigenvalue weighted by atomic mass is 10.1. The first-order valence-corrected chi connectivity index (χ1v) is 8.98. The molecule has 0 radical (unpaired) electrons. The van der Waals surface area contributed by atoms with E-state index < -0.39 is 34.6 Å². The molecule has 0 fully saturated rings. The number of rotatable bonds is 7. The summed E-state index contributed by atoms with van der Waals surface area (Å²) in [6.45, 7) is 0.0902. The predicted molar refractivity (Wildman–Crippen MR) is 102 cm³/mol. The molecular formula is C18H13F4N7O3. The lowest BCUT2D eigenvalue weighted by molar-refractivity contribution is -0.159. The second-order valence-corrected chi connectivity index (χ2v) is 6.68. The molecule has 2 aromatic carbocycles. The van der Waals surface area contributed by atoms with Crippen LogP contribution in [-0.4, -0.2) is 24.9 Å². The molecule has 0 spiro atoms. The van der Waals surface area contributed by atoms with E-state index in [2.05, 4.69) is 35.4 Å². The SMILES string of the molecule is Cn1cnc(CNc2c(NCc3ccc(-c4noc(C(F)(F)F)n4)c(F)c3)c(=O)c2=O)n1. The van der Waals surface area contributed by atoms with Gasteiger partial charge in [-0.25, -0.2) is 9.37 Å². The number of nitrogens with zero attached hydrogens (tertiary/aromatic N) is 5. The van der Waals surface area contributed by atoms with Crippen LogP contribution in [0.1, 0.15) is 17.3 Å². The number of aromatic nitrogens is 5. The first kappa shape index (κ1) is 21.1. The minimum absolute atomic E-state index is 0.0292. The van der Waals surface area contributed by atoms with Crippen LogP contribution in [0.3, 0.4) is 0 Å². The molecule has 0 bridgehead atoms. The predicted octanol–water partition coefficient (Wildman–Crippen LogP) is 1.84. The number of anilines is 2. The smallest absolute Gasteiger partial charge is 0.376 e. The first-order chi connectivity index (χ1) is 15.1. The monoisotopic (exact) mass is 451 g/mol. The third-order valence-electron chi connectivity index (χ3n) is 4.39. The number of halogens is 4. The first-order valence-electron chi connectivity index (χ1n) is 8.98. The lowest BCUT2D eigenvalue weighted by Crippen LogP contribution is -2.37. The summed E-state index contributed by atoms with van der Waals surface area (Å²) in [5, 5.41) is 12.7. The topological polar surface area (TPSA) is 128 Å². The fourth-order valence-electron chi connectivity index (χ4n) is 2.85. The van der Waals surface area contributed by atoms with Crippen molar-refractivity contribution >= 4 is 11.4 Å². The van der Waals surface area contributed by atoms with Crippen molar-refractivity contribution in [3.63, 3.8) is 0 Å². The maximum absolute atomic E-state index is 14.4. The van der Waals surface area contributed by atoms with Gasteiger partial charge in [0.15, 0.2) is 5.82 Å². The van der Waals surface area contributed by atoms with Crippen molar-refractivity contribution in [2.75, 3.05) is 10.6 Å². The van der Waals surface area contributed by atoms with Gasteiger partial charge in [0.25, 0.3) is 10.9 Å². The molecule has 166 valence electrons. The van der Waals surface area contributed by atoms with Gasteiger partial charge in [-0.05, 0) is 17.7 Å². The van der Waals surface area contributed by atoms with E-state index in [4.69, 9.17) is 0 Å². The summed E-state index contributed by atoms with van der Waals surface area (Å²) >= 11 is 0. The Bertz CT molecular complexity index is 1350. The Kier molecular flexibility index (Phi) is 5.20. The summed E-state index contributed by atoms with van der Waals surface area (Å²) in [6.07, 6.45) is -3.36. The van der Waals surface area contributed by atoms with E-state index in [1.165, 1.54) is 23.1 Å². The number of nitrogens with one attached hydrogen (secondary N) is 2. The zero-order valence-electron chi connectivity index (χ0n) is 16.2. The van der Waals surface area contributed by atoms with Crippen LogP contribution in [0.4, 0.5) is 28.9 Å². The summed E-state index contributed by atoms with van der Waals surface area (Å²) in [5.41, 5.74) is -1.27. The van der Waals surface area contributed by atoms with Crippen molar-refractivity contribution in [2.45, 2.75) is 19.3 Å². The Labute approximate surface area is 175 Å². The van der Waals surface area contributed by atoms with Gasteiger partial charge in [0.2, 0.25) is 5.82 Å². The van der Waals surface area contributed by atoms with Crippen LogP contribution in [-0.2, 0) is 26.3 Å². The van der Waals surface area contributed by atoms with Crippen LogP contribution in [0.15, 0.2) is 38.6 Å². The summed E-state index contributed by atoms with van der Waals surface area (Å²) in [6, 6.07) is 3.64. The molecule has 32 heavy (non-hydrogen) atoms. The van der Waals surface area contributed by atoms with Gasteiger partial charge in [-0.3, -0.25) is 14.3 Å². The molecule has 0 aliphatic heterocycles. The minimum Gasteiger partial charge on any atom is -0.376 e. The molecule has 0 saturated carbocycles. The average Bonchev–Trinajstić information content (AvgIpc) is 3.39. The molecule has 2 N–H and O–H groups in total. The number of benzene rings is 1. The normalized spacial score (nSPS) is 11.8. The summed E-state index contributed by atoms with van der Waals surface area (Å²) in [7, 11) is 1.68. The average molecular weight is 451 g/mol. The van der Waals surface area contributed by atoms with Gasteiger partial charge in [0.1, 0.15) is 23.5 Å². The van der Waals surface area contributed by atoms with Crippen LogP contribution in [0, 0.1) is 5.82 Å². The fourth-order valence-corrected chi connectivity index (χ4v) is 2.85. The van der Waals surface area contributed by atoms with Crippen molar-refractivity contribution in [1.82, 2.24) is 24.9 Å². The number of hydrogen-bond acceptors (Lipinski definition) is 9. The van der Waals surface area contributed by atoms with Crippen molar-refractivity contribution < 1.29 is 22.1 Å². The van der Waals surface area contributed by atoms with E-state index >= 15 is 0 Å². The molecule has 4 aromatic rings. The molecule has 2 aromatic heterocycles. The molecule has 14 heteroatoms. The highest BCUT2D eigenvalue weighted by atomic mass is 19.4. The molecule has 2 heterocycles. The largest absolute Gasteiger partial charge is 0.471 e. The Balaban J connectivity index is 1.44. The van der Waals surface area contributed by atoms with Gasteiger partial charge in [-0.2, -0.15) is 23.3 Å². The van der Waals surface area contributed by atoms with Gasteiger partial charge in [0.05, 0.1) is 12.1 Å². The van der Waals surface area contributed by atoms with Crippen molar-refractivity contribution in [3.8, 4) is 11.4 Å². The van der Waals surface area contributed by atoms with Gasteiger partial charge < -0.3 is 15.2 Å². The van der Waals surface area contributed by atoms with E-state index in [1.54, 1.807) is 7.05 Å². The van der Waals surface area contributed by atoms with E-state index in [1.807, 2.05) is 0 Å². The Morgan fingerprint density at radius 3 is 2.34 bits per heavy atom. The highest BCUT2D eigenvalue weighted by Gasteiger charge is 2.38. The fraction of sp³-hybridized carbons (Fsp3) is 0.222. The quantitative estimate of drug-likeness (QED) is 0.320. The third-order valence-corrected chi connectivity index (χ3v) is 4.39. The van der Waals surface area contributed by atoms with E-state index in [0.29, 0.717) is 11.4 Å². The van der Waals surface area contributed by atoms with Crippen LogP contribution >= 0.6 is 0 Å². The van der Waals surface area contributed by atoms with Gasteiger partial charge in [-0.15, -0.1) is 0 Å². The van der Waals surface area contributed by atoms with Crippen LogP contribution in [0.25, 0.3) is 11.4 Å². The van der Waals surface area contributed by atoms with Crippen molar-refractivity contribution in [3.05, 3.63) is 68.1 Å². The number of alkyl halides is 3. The lowest BCUT2D eigenvalue weighted by Gasteiger charge is -2.14. The van der Waals surface area contributed by atoms with E-state index in [-0.39, 0.29) is 30.0 Å². The highest BCUT2D eigenvalue weighted by Crippen LogP contribution is 2.30. The standard InChI is InChI=1S/C18H13F4N7O3/c1-29-7-25-11(27-29)6-24-13-12(14(30)15(13)31)23-5-8-2-3-9(10(19)4-8)16-26-17(32-28-16)18(20,21)22/h2-4,7,23-24H,5-6H2,1H3. The summed E-state index contributed by atoms with van der Waals surface area (Å²) in [5.74, 6) is -2.60. The molecule has 0 aliphatic rings. The van der Waals surface area contributed by atoms with Crippen LogP contribution in [0.2, 0.25) is 0 Å². The zero-order valence-corrected chi connectivity index (χ0v) is 16.2. The molecule has 0 atom stereocenters. The minimum atomic E-state index is -4.84. The Hall–Kier alpha value is -4.10. The number of aryl methyl sites for hydroxylation is 1. The van der Waals surface area contributed by atoms with Crippen molar-refractivity contribution in [1.29, 1.82) is 0 Å². The maximum Gasteiger partial charge on any atom is 0.471 e. The van der Waals surface area contributed by atoms with Gasteiger partial charge in [-0.1, -0.05) is 11.2 Å². The molecular weight excluding hydrogens is 438 g/mol. The Morgan fingerprint density at radius 2 is 1.78 bits per heavy atom. The van der Waals surface area contributed by atoms with E-state index in [0.717, 1.165) is 6.07 Å². The Morgan fingerprint density at radius 1 is 1.09 bits per heavy atom. The molecule has 0 aliphatic carbocycles. The summed E-state index contributed by atoms with van der Waals surface area (Å²) in [4.78, 5) is 30.8. The second-order valence-electron chi connectivity index (χ2n) is 6.68. The summed E-state index contributed by atoms with van der Waals surface area (Å²) < 4.78 is 57.7. The molecule has 0 amide bonds. The van der Waals surface area contributed by atoms with Gasteiger partial charge in [0, 0.05) is 13.6 Å². The molecule has 0 saturated heterocycles. The molecule has 10 nitrogen and oxygen atoms in total. The zero-order chi connectivity index (χ0) is 23.0. The van der Waals surface area contributed by atoms with Crippen molar-refractivity contribution in [2.24, 2.45) is 7.05 Å². The molecule has 0 unspecified atom stereocenters. The second kappa shape index (κ2) is 7.86.